The monoisotopic (exact) mass is 508 g/mol. The smallest absolute Gasteiger partial charge is 0.358 e. The Morgan fingerprint density at radius 3 is 1.90 bits per heavy atom. The first kappa shape index (κ1) is 24.9. The first-order valence-electron chi connectivity index (χ1n) is 13.3. The molecular weight excluding hydrogens is 478 g/mol. The summed E-state index contributed by atoms with van der Waals surface area (Å²) >= 11 is 0. The second-order valence-corrected chi connectivity index (χ2v) is 10.5. The van der Waals surface area contributed by atoms with Crippen LogP contribution in [-0.2, 0) is 0 Å². The zero-order chi connectivity index (χ0) is 27.1. The number of halogens is 1. The highest BCUT2D eigenvalue weighted by atomic mass is 19.1. The van der Waals surface area contributed by atoms with Gasteiger partial charge in [-0.3, -0.25) is 0 Å². The second kappa shape index (κ2) is 10.0. The first-order valence-corrected chi connectivity index (χ1v) is 13.3. The molecular formula is C35H30BFN2. The van der Waals surface area contributed by atoms with E-state index in [1.165, 1.54) is 11.1 Å². The molecule has 0 spiro atoms. The Bertz CT molecular complexity index is 1790. The fraction of sp³-hybridized carbons (Fsp3) is 0.114. The molecule has 0 fully saturated rings. The van der Waals surface area contributed by atoms with Crippen LogP contribution in [0.4, 0.5) is 4.32 Å². The number of allylic oxidation sites excluding steroid dienone is 2. The van der Waals surface area contributed by atoms with Crippen molar-refractivity contribution in [3.8, 4) is 11.3 Å². The van der Waals surface area contributed by atoms with E-state index in [-0.39, 0.29) is 0 Å². The van der Waals surface area contributed by atoms with Crippen molar-refractivity contribution in [3.63, 3.8) is 0 Å². The molecule has 0 N–H and O–H groups in total. The molecule has 5 aromatic rings. The van der Waals surface area contributed by atoms with E-state index in [2.05, 4.69) is 94.4 Å². The molecule has 0 bridgehead atoms. The van der Waals surface area contributed by atoms with E-state index in [1.54, 1.807) is 0 Å². The van der Waals surface area contributed by atoms with Crippen molar-refractivity contribution in [1.82, 2.24) is 4.48 Å². The summed E-state index contributed by atoms with van der Waals surface area (Å²) in [6.45, 7) is 8.42. The SMILES string of the molecule is Cc1cc(C)cc(-c2c3cc(C)c(C)cc3c(/C=C3\N=C(c4ccccc4)C=C3c3ccccc3)n2BF)c1. The Morgan fingerprint density at radius 1 is 0.692 bits per heavy atom. The van der Waals surface area contributed by atoms with Gasteiger partial charge in [-0.15, -0.1) is 0 Å². The Kier molecular flexibility index (Phi) is 6.40. The van der Waals surface area contributed by atoms with Crippen LogP contribution >= 0.6 is 0 Å². The molecule has 1 aliphatic rings. The van der Waals surface area contributed by atoms with Gasteiger partial charge in [0.15, 0.2) is 0 Å². The molecule has 1 aromatic heterocycles. The van der Waals surface area contributed by atoms with Crippen LogP contribution in [0.1, 0.15) is 39.1 Å². The van der Waals surface area contributed by atoms with E-state index < -0.39 is 7.69 Å². The zero-order valence-corrected chi connectivity index (χ0v) is 22.8. The lowest BCUT2D eigenvalue weighted by molar-refractivity contribution is 0.835. The summed E-state index contributed by atoms with van der Waals surface area (Å²) in [5, 5.41) is 2.09. The van der Waals surface area contributed by atoms with Gasteiger partial charge < -0.3 is 8.79 Å². The van der Waals surface area contributed by atoms with Gasteiger partial charge in [-0.25, -0.2) is 4.99 Å². The van der Waals surface area contributed by atoms with E-state index in [0.717, 1.165) is 67.0 Å². The molecule has 0 unspecified atom stereocenters. The molecule has 4 heteroatoms. The highest BCUT2D eigenvalue weighted by Crippen LogP contribution is 2.39. The molecule has 4 aromatic carbocycles. The third-order valence-electron chi connectivity index (χ3n) is 7.57. The fourth-order valence-electron chi connectivity index (χ4n) is 5.62. The normalized spacial score (nSPS) is 14.1. The third kappa shape index (κ3) is 4.57. The number of hydrogen-bond donors (Lipinski definition) is 0. The van der Waals surface area contributed by atoms with Crippen LogP contribution in [0.15, 0.2) is 108 Å². The average molecular weight is 508 g/mol. The summed E-state index contributed by atoms with van der Waals surface area (Å²) in [6.07, 6.45) is 4.21. The van der Waals surface area contributed by atoms with E-state index in [0.29, 0.717) is 0 Å². The lowest BCUT2D eigenvalue weighted by Gasteiger charge is -2.11. The maximum absolute atomic E-state index is 15.1. The number of benzene rings is 4. The van der Waals surface area contributed by atoms with Crippen LogP contribution in [0.25, 0.3) is 33.7 Å². The van der Waals surface area contributed by atoms with Crippen molar-refractivity contribution >= 4 is 35.8 Å². The lowest BCUT2D eigenvalue weighted by atomic mass is 9.98. The van der Waals surface area contributed by atoms with E-state index in [4.69, 9.17) is 4.99 Å². The van der Waals surface area contributed by atoms with Crippen molar-refractivity contribution in [2.24, 2.45) is 4.99 Å². The van der Waals surface area contributed by atoms with Gasteiger partial charge in [-0.05, 0) is 86.4 Å². The van der Waals surface area contributed by atoms with Gasteiger partial charge in [0.25, 0.3) is 0 Å². The quantitative estimate of drug-likeness (QED) is 0.212. The highest BCUT2D eigenvalue weighted by Gasteiger charge is 2.23. The molecule has 1 aliphatic heterocycles. The van der Waals surface area contributed by atoms with Crippen LogP contribution < -0.4 is 0 Å². The maximum Gasteiger partial charge on any atom is 0.449 e. The average Bonchev–Trinajstić information content (AvgIpc) is 3.49. The predicted octanol–water partition coefficient (Wildman–Crippen LogP) is 8.55. The fourth-order valence-corrected chi connectivity index (χ4v) is 5.62. The molecule has 0 aliphatic carbocycles. The second-order valence-electron chi connectivity index (χ2n) is 10.5. The molecule has 0 radical (unpaired) electrons. The number of aliphatic imine (C=N–C) groups is 1. The van der Waals surface area contributed by atoms with Crippen LogP contribution in [0.5, 0.6) is 0 Å². The summed E-state index contributed by atoms with van der Waals surface area (Å²) in [6, 6.07) is 31.4. The molecule has 39 heavy (non-hydrogen) atoms. The molecule has 2 nitrogen and oxygen atoms in total. The van der Waals surface area contributed by atoms with Gasteiger partial charge in [-0.1, -0.05) is 77.9 Å². The standard InChI is InChI=1S/C35H30BFN2/c1-22-15-23(2)17-28(16-22)35-31-19-25(4)24(3)18-30(31)34(39(35)36-37)21-33-29(26-11-7-5-8-12-26)20-32(38-33)27-13-9-6-10-14-27/h5-21,36H,1-4H3/b33-21-. The third-order valence-corrected chi connectivity index (χ3v) is 7.57. The van der Waals surface area contributed by atoms with Crippen molar-refractivity contribution in [2.45, 2.75) is 27.7 Å². The maximum atomic E-state index is 15.1. The lowest BCUT2D eigenvalue weighted by Crippen LogP contribution is -2.05. The van der Waals surface area contributed by atoms with Crippen molar-refractivity contribution in [3.05, 3.63) is 142 Å². The Morgan fingerprint density at radius 2 is 1.28 bits per heavy atom. The van der Waals surface area contributed by atoms with Gasteiger partial charge >= 0.3 is 7.69 Å². The summed E-state index contributed by atoms with van der Waals surface area (Å²) in [7, 11) is -0.631. The van der Waals surface area contributed by atoms with Gasteiger partial charge in [-0.2, -0.15) is 0 Å². The van der Waals surface area contributed by atoms with Gasteiger partial charge in [0, 0.05) is 33.3 Å². The number of nitrogens with zero attached hydrogens (tertiary/aromatic N) is 2. The molecule has 0 saturated heterocycles. The predicted molar refractivity (Wildman–Crippen MR) is 165 cm³/mol. The van der Waals surface area contributed by atoms with Crippen LogP contribution in [0.2, 0.25) is 0 Å². The molecule has 190 valence electrons. The Hall–Kier alpha value is -4.44. The van der Waals surface area contributed by atoms with Crippen LogP contribution in [0.3, 0.4) is 0 Å². The van der Waals surface area contributed by atoms with E-state index >= 15 is 4.32 Å². The Balaban J connectivity index is 1.64. The topological polar surface area (TPSA) is 17.3 Å². The van der Waals surface area contributed by atoms with Gasteiger partial charge in [0.1, 0.15) is 0 Å². The summed E-state index contributed by atoms with van der Waals surface area (Å²) in [5.74, 6) is 0. The minimum atomic E-state index is -0.631. The highest BCUT2D eigenvalue weighted by molar-refractivity contribution is 6.29. The molecule has 0 amide bonds. The number of aromatic nitrogens is 1. The number of hydrogen-bond acceptors (Lipinski definition) is 1. The minimum absolute atomic E-state index is 0.631. The number of fused-ring (bicyclic) bond motifs is 1. The minimum Gasteiger partial charge on any atom is -0.358 e. The van der Waals surface area contributed by atoms with Gasteiger partial charge in [0.05, 0.1) is 11.4 Å². The largest absolute Gasteiger partial charge is 0.449 e. The van der Waals surface area contributed by atoms with Crippen molar-refractivity contribution in [1.29, 1.82) is 0 Å². The summed E-state index contributed by atoms with van der Waals surface area (Å²) < 4.78 is 16.9. The molecule has 0 atom stereocenters. The molecule has 0 saturated carbocycles. The zero-order valence-electron chi connectivity index (χ0n) is 22.8. The number of aryl methyl sites for hydroxylation is 4. The van der Waals surface area contributed by atoms with Crippen LogP contribution in [-0.4, -0.2) is 17.9 Å². The summed E-state index contributed by atoms with van der Waals surface area (Å²) in [5.41, 5.74) is 12.4. The van der Waals surface area contributed by atoms with Crippen LogP contribution in [0, 0.1) is 27.7 Å². The van der Waals surface area contributed by atoms with E-state index in [9.17, 15) is 0 Å². The summed E-state index contributed by atoms with van der Waals surface area (Å²) in [4.78, 5) is 5.09. The molecule has 2 heterocycles. The van der Waals surface area contributed by atoms with Crippen molar-refractivity contribution in [2.75, 3.05) is 0 Å². The van der Waals surface area contributed by atoms with Gasteiger partial charge in [0.2, 0.25) is 0 Å². The van der Waals surface area contributed by atoms with Crippen molar-refractivity contribution < 1.29 is 4.32 Å². The first-order chi connectivity index (χ1) is 18.9. The van der Waals surface area contributed by atoms with E-state index in [1.807, 2.05) is 40.9 Å². The Labute approximate surface area is 230 Å². The number of rotatable bonds is 5. The molecule has 6 rings (SSSR count).